The van der Waals surface area contributed by atoms with Crippen LogP contribution < -0.4 is 0 Å². The van der Waals surface area contributed by atoms with E-state index in [2.05, 4.69) is 126 Å². The summed E-state index contributed by atoms with van der Waals surface area (Å²) in [7, 11) is 0. The van der Waals surface area contributed by atoms with E-state index in [-0.39, 0.29) is 0 Å². The van der Waals surface area contributed by atoms with Crippen molar-refractivity contribution < 1.29 is 0 Å². The summed E-state index contributed by atoms with van der Waals surface area (Å²) in [5.41, 5.74) is 9.83. The number of pyridine rings is 1. The molecule has 0 unspecified atom stereocenters. The van der Waals surface area contributed by atoms with Gasteiger partial charge in [-0.25, -0.2) is 0 Å². The summed E-state index contributed by atoms with van der Waals surface area (Å²) in [6, 6.07) is 41.6. The van der Waals surface area contributed by atoms with E-state index >= 15 is 0 Å². The maximum absolute atomic E-state index is 5.07. The predicted molar refractivity (Wildman–Crippen MR) is 156 cm³/mol. The SMILES string of the molecule is c1ccc(-c2ccc(-c3cccc4c5cnc6c7ccccc7c7cccc8c7c6c5n8c34)cc2)cc1. The number of rotatable bonds is 2. The minimum absolute atomic E-state index is 1.10. The highest BCUT2D eigenvalue weighted by Crippen LogP contribution is 2.47. The van der Waals surface area contributed by atoms with E-state index < -0.39 is 0 Å². The molecule has 2 nitrogen and oxygen atoms in total. The molecule has 0 bridgehead atoms. The molecule has 3 heterocycles. The van der Waals surface area contributed by atoms with Gasteiger partial charge >= 0.3 is 0 Å². The Labute approximate surface area is 212 Å². The van der Waals surface area contributed by atoms with Crippen LogP contribution in [0.3, 0.4) is 0 Å². The lowest BCUT2D eigenvalue weighted by Gasteiger charge is -2.09. The molecule has 3 aromatic heterocycles. The zero-order chi connectivity index (χ0) is 24.1. The second-order valence-corrected chi connectivity index (χ2v) is 9.97. The van der Waals surface area contributed by atoms with E-state index in [1.54, 1.807) is 0 Å². The van der Waals surface area contributed by atoms with Crippen LogP contribution >= 0.6 is 0 Å². The van der Waals surface area contributed by atoms with Gasteiger partial charge < -0.3 is 4.40 Å². The summed E-state index contributed by atoms with van der Waals surface area (Å²) in [6.07, 6.45) is 2.09. The van der Waals surface area contributed by atoms with Crippen LogP contribution in [-0.4, -0.2) is 9.38 Å². The van der Waals surface area contributed by atoms with E-state index in [1.165, 1.54) is 76.5 Å². The average Bonchev–Trinajstić information content (AvgIpc) is 3.50. The smallest absolute Gasteiger partial charge is 0.0809 e. The summed E-state index contributed by atoms with van der Waals surface area (Å²) in [4.78, 5) is 5.07. The molecule has 0 spiro atoms. The largest absolute Gasteiger partial charge is 0.307 e. The molecule has 0 atom stereocenters. The Hall–Kier alpha value is -4.95. The van der Waals surface area contributed by atoms with Crippen molar-refractivity contribution in [3.8, 4) is 22.3 Å². The first-order chi connectivity index (χ1) is 18.4. The van der Waals surface area contributed by atoms with Gasteiger partial charge in [0, 0.05) is 38.7 Å². The lowest BCUT2D eigenvalue weighted by Crippen LogP contribution is -1.87. The molecule has 9 rings (SSSR count). The quantitative estimate of drug-likeness (QED) is 0.231. The van der Waals surface area contributed by atoms with Gasteiger partial charge in [-0.1, -0.05) is 109 Å². The Morgan fingerprint density at radius 1 is 0.432 bits per heavy atom. The van der Waals surface area contributed by atoms with Crippen LogP contribution in [0.4, 0.5) is 0 Å². The lowest BCUT2D eigenvalue weighted by molar-refractivity contribution is 1.37. The van der Waals surface area contributed by atoms with Crippen LogP contribution in [0.25, 0.3) is 82.0 Å². The molecule has 0 N–H and O–H groups in total. The molecule has 0 saturated heterocycles. The Bertz CT molecular complexity index is 2270. The molecular formula is C35H20N2. The van der Waals surface area contributed by atoms with Crippen molar-refractivity contribution in [3.63, 3.8) is 0 Å². The highest BCUT2D eigenvalue weighted by atomic mass is 14.9. The first-order valence-corrected chi connectivity index (χ1v) is 12.7. The highest BCUT2D eigenvalue weighted by Gasteiger charge is 2.24. The van der Waals surface area contributed by atoms with Gasteiger partial charge in [-0.2, -0.15) is 0 Å². The maximum atomic E-state index is 5.07. The third-order valence-electron chi connectivity index (χ3n) is 8.13. The monoisotopic (exact) mass is 468 g/mol. The summed E-state index contributed by atoms with van der Waals surface area (Å²) in [6.45, 7) is 0. The summed E-state index contributed by atoms with van der Waals surface area (Å²) in [5, 5.41) is 8.87. The zero-order valence-corrected chi connectivity index (χ0v) is 19.9. The predicted octanol–water partition coefficient (Wildman–Crippen LogP) is 9.31. The number of hydrogen-bond donors (Lipinski definition) is 0. The number of para-hydroxylation sites is 1. The molecule has 170 valence electrons. The average molecular weight is 469 g/mol. The van der Waals surface area contributed by atoms with Crippen molar-refractivity contribution in [3.05, 3.63) is 121 Å². The molecular weight excluding hydrogens is 448 g/mol. The van der Waals surface area contributed by atoms with Gasteiger partial charge in [0.2, 0.25) is 0 Å². The van der Waals surface area contributed by atoms with Crippen molar-refractivity contribution >= 4 is 59.8 Å². The van der Waals surface area contributed by atoms with Gasteiger partial charge in [0.1, 0.15) is 0 Å². The van der Waals surface area contributed by atoms with Crippen LogP contribution in [0.15, 0.2) is 121 Å². The number of aromatic nitrogens is 2. The molecule has 9 aromatic rings. The summed E-state index contributed by atoms with van der Waals surface area (Å²) in [5.74, 6) is 0. The van der Waals surface area contributed by atoms with Crippen molar-refractivity contribution in [1.29, 1.82) is 0 Å². The Balaban J connectivity index is 1.43. The van der Waals surface area contributed by atoms with E-state index in [1.807, 2.05) is 0 Å². The number of fused-ring (bicyclic) bond motifs is 7. The normalized spacial score (nSPS) is 12.3. The molecule has 0 aliphatic rings. The molecule has 6 aromatic carbocycles. The summed E-state index contributed by atoms with van der Waals surface area (Å²) >= 11 is 0. The van der Waals surface area contributed by atoms with E-state index in [0.29, 0.717) is 0 Å². The van der Waals surface area contributed by atoms with Crippen LogP contribution in [-0.2, 0) is 0 Å². The minimum Gasteiger partial charge on any atom is -0.307 e. The molecule has 0 radical (unpaired) electrons. The second kappa shape index (κ2) is 6.83. The fraction of sp³-hybridized carbons (Fsp3) is 0. The first-order valence-electron chi connectivity index (χ1n) is 12.7. The molecule has 0 aliphatic heterocycles. The minimum atomic E-state index is 1.10. The van der Waals surface area contributed by atoms with Crippen LogP contribution in [0.1, 0.15) is 0 Å². The van der Waals surface area contributed by atoms with Crippen LogP contribution in [0, 0.1) is 0 Å². The molecule has 0 saturated carbocycles. The van der Waals surface area contributed by atoms with Gasteiger partial charge in [0.15, 0.2) is 0 Å². The van der Waals surface area contributed by atoms with Crippen molar-refractivity contribution in [2.75, 3.05) is 0 Å². The topological polar surface area (TPSA) is 17.3 Å². The zero-order valence-electron chi connectivity index (χ0n) is 19.9. The standard InChI is InChI=1S/C35H20N2/c1-2-8-21(9-3-1)22-16-18-23(19-17-22)24-12-6-14-28-29-20-36-33-27-11-5-4-10-25(27)26-13-7-15-30-31(26)32(33)35(29)37(30)34(24)28/h1-20H. The van der Waals surface area contributed by atoms with Gasteiger partial charge in [-0.3, -0.25) is 4.98 Å². The highest BCUT2D eigenvalue weighted by molar-refractivity contribution is 6.38. The fourth-order valence-electron chi connectivity index (χ4n) is 6.57. The molecule has 0 aliphatic carbocycles. The first kappa shape index (κ1) is 19.3. The van der Waals surface area contributed by atoms with E-state index in [9.17, 15) is 0 Å². The van der Waals surface area contributed by atoms with Gasteiger partial charge in [-0.05, 0) is 33.5 Å². The number of hydrogen-bond acceptors (Lipinski definition) is 1. The Kier molecular flexibility index (Phi) is 3.56. The van der Waals surface area contributed by atoms with E-state index in [4.69, 9.17) is 4.98 Å². The van der Waals surface area contributed by atoms with Crippen LogP contribution in [0.5, 0.6) is 0 Å². The third kappa shape index (κ3) is 2.37. The Morgan fingerprint density at radius 2 is 1.11 bits per heavy atom. The van der Waals surface area contributed by atoms with E-state index in [0.717, 1.165) is 5.52 Å². The molecule has 2 heteroatoms. The summed E-state index contributed by atoms with van der Waals surface area (Å²) < 4.78 is 2.50. The van der Waals surface area contributed by atoms with Crippen molar-refractivity contribution in [2.24, 2.45) is 0 Å². The van der Waals surface area contributed by atoms with Crippen LogP contribution in [0.2, 0.25) is 0 Å². The molecule has 0 fully saturated rings. The fourth-order valence-corrected chi connectivity index (χ4v) is 6.57. The van der Waals surface area contributed by atoms with Crippen molar-refractivity contribution in [1.82, 2.24) is 9.38 Å². The molecule has 0 amide bonds. The van der Waals surface area contributed by atoms with Gasteiger partial charge in [0.25, 0.3) is 0 Å². The van der Waals surface area contributed by atoms with Gasteiger partial charge in [-0.15, -0.1) is 0 Å². The number of nitrogens with zero attached hydrogens (tertiary/aromatic N) is 2. The third-order valence-corrected chi connectivity index (χ3v) is 8.13. The maximum Gasteiger partial charge on any atom is 0.0809 e. The number of benzene rings is 6. The lowest BCUT2D eigenvalue weighted by atomic mass is 9.96. The second-order valence-electron chi connectivity index (χ2n) is 9.97. The molecule has 37 heavy (non-hydrogen) atoms. The Morgan fingerprint density at radius 3 is 1.97 bits per heavy atom. The van der Waals surface area contributed by atoms with Gasteiger partial charge in [0.05, 0.1) is 22.1 Å². The van der Waals surface area contributed by atoms with Crippen molar-refractivity contribution in [2.45, 2.75) is 0 Å².